The summed E-state index contributed by atoms with van der Waals surface area (Å²) in [5, 5.41) is 19.0. The summed E-state index contributed by atoms with van der Waals surface area (Å²) >= 11 is 7.58. The van der Waals surface area contributed by atoms with Crippen LogP contribution in [0, 0.1) is 17.7 Å². The van der Waals surface area contributed by atoms with E-state index in [0.717, 1.165) is 4.88 Å². The van der Waals surface area contributed by atoms with Gasteiger partial charge in [0.1, 0.15) is 4.88 Å². The Morgan fingerprint density at radius 1 is 1.23 bits per heavy atom. The highest BCUT2D eigenvalue weighted by molar-refractivity contribution is 7.13. The number of aryl methyl sites for hydroxylation is 1. The van der Waals surface area contributed by atoms with Crippen LogP contribution in [-0.4, -0.2) is 34.3 Å². The second-order valence-electron chi connectivity index (χ2n) is 7.56. The molecule has 0 bridgehead atoms. The average molecular weight is 481 g/mol. The number of alkyl halides is 4. The molecule has 0 amide bonds. The average Bonchev–Trinajstić information content (AvgIpc) is 3.25. The van der Waals surface area contributed by atoms with E-state index < -0.39 is 41.3 Å². The molecule has 0 saturated heterocycles. The van der Waals surface area contributed by atoms with Crippen molar-refractivity contribution in [2.75, 3.05) is 6.61 Å². The summed E-state index contributed by atoms with van der Waals surface area (Å²) in [6.45, 7) is -0.157. The Labute approximate surface area is 185 Å². The maximum atomic E-state index is 13.9. The zero-order chi connectivity index (χ0) is 22.8. The minimum atomic E-state index is -4.62. The van der Waals surface area contributed by atoms with Crippen LogP contribution in [-0.2, 0) is 12.6 Å². The Balaban J connectivity index is 1.61. The largest absolute Gasteiger partial charge is 0.490 e. The molecule has 1 fully saturated rings. The van der Waals surface area contributed by atoms with Gasteiger partial charge in [-0.25, -0.2) is 9.18 Å². The molecular weight excluding hydrogens is 460 g/mol. The normalized spacial score (nSPS) is 23.8. The topological polar surface area (TPSA) is 66.8 Å². The van der Waals surface area contributed by atoms with Crippen LogP contribution in [0.15, 0.2) is 30.3 Å². The first-order chi connectivity index (χ1) is 14.6. The lowest BCUT2D eigenvalue weighted by atomic mass is 9.90. The molecule has 3 rings (SSSR count). The van der Waals surface area contributed by atoms with Gasteiger partial charge in [-0.2, -0.15) is 13.2 Å². The van der Waals surface area contributed by atoms with Crippen LogP contribution in [0.4, 0.5) is 17.6 Å². The van der Waals surface area contributed by atoms with Crippen molar-refractivity contribution < 1.29 is 37.3 Å². The fourth-order valence-electron chi connectivity index (χ4n) is 3.88. The maximum Gasteiger partial charge on any atom is 0.416 e. The van der Waals surface area contributed by atoms with Crippen LogP contribution in [0.1, 0.15) is 39.4 Å². The lowest BCUT2D eigenvalue weighted by Crippen LogP contribution is -2.27. The Bertz CT molecular complexity index is 917. The van der Waals surface area contributed by atoms with Crippen LogP contribution in [0.25, 0.3) is 0 Å². The smallest absolute Gasteiger partial charge is 0.416 e. The molecule has 2 N–H and O–H groups in total. The van der Waals surface area contributed by atoms with Crippen molar-refractivity contribution in [3.05, 3.63) is 51.5 Å². The Hall–Kier alpha value is -1.84. The van der Waals surface area contributed by atoms with E-state index in [-0.39, 0.29) is 22.8 Å². The quantitative estimate of drug-likeness (QED) is 0.380. The van der Waals surface area contributed by atoms with Crippen LogP contribution in [0.2, 0.25) is 0 Å². The van der Waals surface area contributed by atoms with Crippen molar-refractivity contribution in [1.29, 1.82) is 0 Å². The van der Waals surface area contributed by atoms with Crippen molar-refractivity contribution in [3.63, 3.8) is 0 Å². The Kier molecular flexibility index (Phi) is 7.49. The first-order valence-corrected chi connectivity index (χ1v) is 10.9. The molecule has 0 aliphatic heterocycles. The molecule has 0 unspecified atom stereocenters. The number of aromatic carboxylic acids is 1. The molecule has 2 aromatic rings. The van der Waals surface area contributed by atoms with Gasteiger partial charge in [-0.15, -0.1) is 22.9 Å². The summed E-state index contributed by atoms with van der Waals surface area (Å²) in [7, 11) is 0. The van der Waals surface area contributed by atoms with Gasteiger partial charge >= 0.3 is 12.1 Å². The lowest BCUT2D eigenvalue weighted by Gasteiger charge is -2.24. The van der Waals surface area contributed by atoms with E-state index in [1.165, 1.54) is 11.3 Å². The highest BCUT2D eigenvalue weighted by Crippen LogP contribution is 2.40. The van der Waals surface area contributed by atoms with Gasteiger partial charge in [-0.3, -0.25) is 0 Å². The zero-order valence-electron chi connectivity index (χ0n) is 16.2. The van der Waals surface area contributed by atoms with Crippen molar-refractivity contribution >= 4 is 28.9 Å². The van der Waals surface area contributed by atoms with Gasteiger partial charge in [-0.1, -0.05) is 0 Å². The number of aliphatic hydroxyl groups is 1. The molecular formula is C21H21ClF4O4S. The van der Waals surface area contributed by atoms with Crippen LogP contribution in [0.5, 0.6) is 5.75 Å². The molecule has 1 aromatic carbocycles. The predicted octanol–water partition coefficient (Wildman–Crippen LogP) is 5.61. The van der Waals surface area contributed by atoms with Gasteiger partial charge in [-0.05, 0) is 61.9 Å². The molecule has 10 heteroatoms. The third-order valence-electron chi connectivity index (χ3n) is 5.50. The number of aliphatic hydroxyl groups excluding tert-OH is 1. The first-order valence-electron chi connectivity index (χ1n) is 9.70. The summed E-state index contributed by atoms with van der Waals surface area (Å²) < 4.78 is 57.9. The molecule has 1 aliphatic carbocycles. The monoisotopic (exact) mass is 480 g/mol. The molecule has 0 radical (unpaired) electrons. The van der Waals surface area contributed by atoms with E-state index in [1.54, 1.807) is 12.1 Å². The van der Waals surface area contributed by atoms with Crippen molar-refractivity contribution in [2.24, 2.45) is 11.8 Å². The van der Waals surface area contributed by atoms with E-state index in [9.17, 15) is 27.5 Å². The van der Waals surface area contributed by atoms with E-state index >= 15 is 0 Å². The molecule has 0 spiro atoms. The van der Waals surface area contributed by atoms with Crippen LogP contribution >= 0.6 is 22.9 Å². The first kappa shape index (κ1) is 23.8. The van der Waals surface area contributed by atoms with Gasteiger partial charge < -0.3 is 14.9 Å². The second kappa shape index (κ2) is 9.75. The summed E-state index contributed by atoms with van der Waals surface area (Å²) in [5.74, 6) is -3.02. The third-order valence-corrected chi connectivity index (χ3v) is 7.13. The molecule has 4 nitrogen and oxygen atoms in total. The third kappa shape index (κ3) is 5.90. The SMILES string of the molecule is O=C(O)c1ccc(CCC[C@@H]2[C@@H](COc3cc(C(F)(F)F)ccc3F)[C@H](O)C[C@H]2Cl)s1. The van der Waals surface area contributed by atoms with Gasteiger partial charge in [0.2, 0.25) is 0 Å². The highest BCUT2D eigenvalue weighted by atomic mass is 35.5. The predicted molar refractivity (Wildman–Crippen MR) is 108 cm³/mol. The van der Waals surface area contributed by atoms with Crippen molar-refractivity contribution in [1.82, 2.24) is 0 Å². The Morgan fingerprint density at radius 3 is 2.61 bits per heavy atom. The summed E-state index contributed by atoms with van der Waals surface area (Å²) in [4.78, 5) is 12.1. The molecule has 170 valence electrons. The number of hydrogen-bond donors (Lipinski definition) is 2. The standard InChI is InChI=1S/C21H21ClF4O4S/c22-15-9-17(27)14(10-30-18-8-11(21(24,25)26)4-6-16(18)23)13(15)3-1-2-12-5-7-19(31-12)20(28)29/h4-8,13-15,17,27H,1-3,9-10H2,(H,28,29)/t13-,14-,15-,17-/m1/s1. The van der Waals surface area contributed by atoms with Gasteiger partial charge in [0.15, 0.2) is 11.6 Å². The summed E-state index contributed by atoms with van der Waals surface area (Å²) in [5.41, 5.74) is -1.01. The second-order valence-corrected chi connectivity index (χ2v) is 9.29. The number of carbonyl (C=O) groups is 1. The molecule has 1 aliphatic rings. The van der Waals surface area contributed by atoms with Crippen molar-refractivity contribution in [3.8, 4) is 5.75 Å². The van der Waals surface area contributed by atoms with E-state index in [1.807, 2.05) is 0 Å². The number of carboxylic acids is 1. The number of benzene rings is 1. The number of ether oxygens (including phenoxy) is 1. The van der Waals surface area contributed by atoms with Crippen LogP contribution in [0.3, 0.4) is 0 Å². The lowest BCUT2D eigenvalue weighted by molar-refractivity contribution is -0.137. The van der Waals surface area contributed by atoms with E-state index in [0.29, 0.717) is 43.9 Å². The molecule has 1 heterocycles. The number of rotatable bonds is 8. The minimum Gasteiger partial charge on any atom is -0.490 e. The van der Waals surface area contributed by atoms with E-state index in [4.69, 9.17) is 21.4 Å². The van der Waals surface area contributed by atoms with Gasteiger partial charge in [0, 0.05) is 16.2 Å². The number of thiophene rings is 1. The fraction of sp³-hybridized carbons (Fsp3) is 0.476. The summed E-state index contributed by atoms with van der Waals surface area (Å²) in [6, 6.07) is 5.27. The zero-order valence-corrected chi connectivity index (χ0v) is 17.8. The number of halogens is 5. The molecule has 31 heavy (non-hydrogen) atoms. The van der Waals surface area contributed by atoms with Crippen molar-refractivity contribution in [2.45, 2.75) is 43.3 Å². The fourth-order valence-corrected chi connectivity index (χ4v) is 5.26. The Morgan fingerprint density at radius 2 is 1.97 bits per heavy atom. The van der Waals surface area contributed by atoms with E-state index in [2.05, 4.69) is 0 Å². The number of hydrogen-bond acceptors (Lipinski definition) is 4. The van der Waals surface area contributed by atoms with Crippen LogP contribution < -0.4 is 4.74 Å². The molecule has 1 aromatic heterocycles. The van der Waals surface area contributed by atoms with Gasteiger partial charge in [0.25, 0.3) is 0 Å². The maximum absolute atomic E-state index is 13.9. The number of carboxylic acid groups (broad SMARTS) is 1. The molecule has 1 saturated carbocycles. The summed E-state index contributed by atoms with van der Waals surface area (Å²) in [6.07, 6.45) is -3.16. The van der Waals surface area contributed by atoms with Gasteiger partial charge in [0.05, 0.1) is 18.3 Å². The highest BCUT2D eigenvalue weighted by Gasteiger charge is 2.41. The minimum absolute atomic E-state index is 0.157. The molecule has 4 atom stereocenters.